The van der Waals surface area contributed by atoms with E-state index in [1.807, 2.05) is 30.3 Å². The third kappa shape index (κ3) is 4.39. The Morgan fingerprint density at radius 3 is 2.10 bits per heavy atom. The lowest BCUT2D eigenvalue weighted by Crippen LogP contribution is -2.47. The van der Waals surface area contributed by atoms with Crippen LogP contribution in [0.3, 0.4) is 0 Å². The van der Waals surface area contributed by atoms with Crippen LogP contribution in [0.15, 0.2) is 30.3 Å². The van der Waals surface area contributed by atoms with Gasteiger partial charge in [0.05, 0.1) is 13.2 Å². The Hall–Kier alpha value is -1.17. The van der Waals surface area contributed by atoms with Crippen LogP contribution in [-0.2, 0) is 14.0 Å². The summed E-state index contributed by atoms with van der Waals surface area (Å²) in [5.74, 6) is -0.390. The first-order valence-corrected chi connectivity index (χ1v) is 10.1. The van der Waals surface area contributed by atoms with Gasteiger partial charge in [-0.05, 0) is 23.7 Å². The van der Waals surface area contributed by atoms with Gasteiger partial charge in [-0.2, -0.15) is 0 Å². The molecule has 0 amide bonds. The maximum absolute atomic E-state index is 12.1. The van der Waals surface area contributed by atoms with E-state index in [0.717, 1.165) is 23.7 Å². The Bertz CT molecular complexity index is 426. The summed E-state index contributed by atoms with van der Waals surface area (Å²) in [4.78, 5) is 12.1. The molecule has 1 aromatic rings. The first-order valence-electron chi connectivity index (χ1n) is 7.59. The summed E-state index contributed by atoms with van der Waals surface area (Å²) in [5, 5.41) is 0. The lowest BCUT2D eigenvalue weighted by atomic mass is 10.0. The van der Waals surface area contributed by atoms with E-state index in [2.05, 4.69) is 20.8 Å². The number of carbonyl (C=O) groups excluding carboxylic acids is 1. The van der Waals surface area contributed by atoms with Crippen molar-refractivity contribution in [3.05, 3.63) is 35.9 Å². The minimum atomic E-state index is -1.94. The van der Waals surface area contributed by atoms with Crippen LogP contribution in [0.2, 0.25) is 18.1 Å². The number of benzene rings is 1. The molecule has 0 aliphatic heterocycles. The van der Waals surface area contributed by atoms with Gasteiger partial charge >= 0.3 is 5.97 Å². The number of hydrogen-bond donors (Lipinski definition) is 1. The van der Waals surface area contributed by atoms with Crippen LogP contribution in [0.1, 0.15) is 32.4 Å². The normalized spacial score (nSPS) is 14.5. The van der Waals surface area contributed by atoms with E-state index in [1.165, 1.54) is 7.11 Å². The third-order valence-electron chi connectivity index (χ3n) is 4.25. The quantitative estimate of drug-likeness (QED) is 0.591. The van der Waals surface area contributed by atoms with Crippen molar-refractivity contribution in [1.29, 1.82) is 0 Å². The molecule has 21 heavy (non-hydrogen) atoms. The van der Waals surface area contributed by atoms with E-state index in [9.17, 15) is 4.79 Å². The summed E-state index contributed by atoms with van der Waals surface area (Å²) < 4.78 is 11.2. The molecule has 0 aliphatic carbocycles. The molecular formula is C16H27NO3Si. The predicted molar refractivity (Wildman–Crippen MR) is 87.5 cm³/mol. The van der Waals surface area contributed by atoms with Gasteiger partial charge in [0.1, 0.15) is 0 Å². The fourth-order valence-electron chi connectivity index (χ4n) is 2.50. The van der Waals surface area contributed by atoms with Crippen molar-refractivity contribution < 1.29 is 14.0 Å². The van der Waals surface area contributed by atoms with Gasteiger partial charge in [-0.1, -0.05) is 51.1 Å². The number of nitrogens with two attached hydrogens (primary N) is 1. The molecule has 0 unspecified atom stereocenters. The number of carbonyl (C=O) groups is 1. The van der Waals surface area contributed by atoms with E-state index in [4.69, 9.17) is 14.9 Å². The van der Waals surface area contributed by atoms with E-state index in [-0.39, 0.29) is 0 Å². The lowest BCUT2D eigenvalue weighted by Gasteiger charge is -2.34. The SMILES string of the molecule is CC[Si](CC)(CC)O[C@@H](C(=O)OC)[C@@H](N)c1ccccc1. The average molecular weight is 309 g/mol. The van der Waals surface area contributed by atoms with Crippen molar-refractivity contribution in [3.8, 4) is 0 Å². The summed E-state index contributed by atoms with van der Waals surface area (Å²) in [5.41, 5.74) is 7.17. The Morgan fingerprint density at radius 2 is 1.67 bits per heavy atom. The van der Waals surface area contributed by atoms with Crippen LogP contribution < -0.4 is 5.73 Å². The highest BCUT2D eigenvalue weighted by Gasteiger charge is 2.38. The van der Waals surface area contributed by atoms with Crippen molar-refractivity contribution in [3.63, 3.8) is 0 Å². The average Bonchev–Trinajstić information content (AvgIpc) is 2.56. The van der Waals surface area contributed by atoms with Gasteiger partial charge in [0.2, 0.25) is 0 Å². The number of hydrogen-bond acceptors (Lipinski definition) is 4. The summed E-state index contributed by atoms with van der Waals surface area (Å²) >= 11 is 0. The fraction of sp³-hybridized carbons (Fsp3) is 0.562. The smallest absolute Gasteiger partial charge is 0.335 e. The van der Waals surface area contributed by atoms with Crippen LogP contribution in [0.5, 0.6) is 0 Å². The monoisotopic (exact) mass is 309 g/mol. The summed E-state index contributed by atoms with van der Waals surface area (Å²) in [6.45, 7) is 6.38. The number of methoxy groups -OCH3 is 1. The second kappa shape index (κ2) is 8.31. The van der Waals surface area contributed by atoms with Crippen LogP contribution in [0.4, 0.5) is 0 Å². The maximum atomic E-state index is 12.1. The van der Waals surface area contributed by atoms with E-state index >= 15 is 0 Å². The Balaban J connectivity index is 3.03. The Morgan fingerprint density at radius 1 is 1.14 bits per heavy atom. The maximum Gasteiger partial charge on any atom is 0.335 e. The molecule has 0 spiro atoms. The Kier molecular flexibility index (Phi) is 7.08. The van der Waals surface area contributed by atoms with Crippen molar-refractivity contribution >= 4 is 14.3 Å². The third-order valence-corrected chi connectivity index (χ3v) is 8.87. The van der Waals surface area contributed by atoms with Gasteiger partial charge in [0.25, 0.3) is 0 Å². The summed E-state index contributed by atoms with van der Waals surface area (Å²) in [6.07, 6.45) is -0.732. The van der Waals surface area contributed by atoms with Gasteiger partial charge in [0, 0.05) is 0 Å². The standard InChI is InChI=1S/C16H27NO3Si/c1-5-21(6-2,7-3)20-15(16(18)19-4)14(17)13-11-9-8-10-12-13/h8-12,14-15H,5-7,17H2,1-4H3/t14-,15+/m0/s1. The number of rotatable bonds is 8. The first-order chi connectivity index (χ1) is 10.0. The van der Waals surface area contributed by atoms with Gasteiger partial charge in [-0.3, -0.25) is 0 Å². The molecule has 0 bridgehead atoms. The van der Waals surface area contributed by atoms with Crippen molar-refractivity contribution in [2.24, 2.45) is 5.73 Å². The zero-order valence-electron chi connectivity index (χ0n) is 13.5. The van der Waals surface area contributed by atoms with Crippen molar-refractivity contribution in [2.75, 3.05) is 7.11 Å². The van der Waals surface area contributed by atoms with Crippen LogP contribution >= 0.6 is 0 Å². The minimum absolute atomic E-state index is 0.390. The van der Waals surface area contributed by atoms with Crippen LogP contribution in [0.25, 0.3) is 0 Å². The van der Waals surface area contributed by atoms with E-state index < -0.39 is 26.4 Å². The molecule has 0 aromatic heterocycles. The zero-order chi connectivity index (χ0) is 15.9. The lowest BCUT2D eigenvalue weighted by molar-refractivity contribution is -0.150. The molecule has 5 heteroatoms. The van der Waals surface area contributed by atoms with Crippen LogP contribution in [-0.4, -0.2) is 27.5 Å². The topological polar surface area (TPSA) is 61.5 Å². The van der Waals surface area contributed by atoms with Crippen molar-refractivity contribution in [2.45, 2.75) is 51.0 Å². The van der Waals surface area contributed by atoms with E-state index in [0.29, 0.717) is 0 Å². The van der Waals surface area contributed by atoms with Gasteiger partial charge < -0.3 is 14.9 Å². The first kappa shape index (κ1) is 17.9. The molecular weight excluding hydrogens is 282 g/mol. The largest absolute Gasteiger partial charge is 0.467 e. The highest BCUT2D eigenvalue weighted by molar-refractivity contribution is 6.73. The molecule has 2 atom stereocenters. The molecule has 0 aliphatic rings. The highest BCUT2D eigenvalue weighted by Crippen LogP contribution is 2.28. The number of ether oxygens (including phenoxy) is 1. The fourth-order valence-corrected chi connectivity index (χ4v) is 5.29. The van der Waals surface area contributed by atoms with Gasteiger partial charge in [-0.25, -0.2) is 4.79 Å². The number of esters is 1. The second-order valence-electron chi connectivity index (χ2n) is 5.24. The molecule has 118 valence electrons. The molecule has 0 radical (unpaired) electrons. The molecule has 4 nitrogen and oxygen atoms in total. The van der Waals surface area contributed by atoms with Crippen LogP contribution in [0, 0.1) is 0 Å². The zero-order valence-corrected chi connectivity index (χ0v) is 14.5. The van der Waals surface area contributed by atoms with Gasteiger partial charge in [-0.15, -0.1) is 0 Å². The van der Waals surface area contributed by atoms with Gasteiger partial charge in [0.15, 0.2) is 14.4 Å². The molecule has 1 aromatic carbocycles. The summed E-state index contributed by atoms with van der Waals surface area (Å²) in [7, 11) is -0.558. The molecule has 0 fully saturated rings. The highest BCUT2D eigenvalue weighted by atomic mass is 28.4. The molecule has 0 heterocycles. The molecule has 0 saturated carbocycles. The van der Waals surface area contributed by atoms with E-state index in [1.54, 1.807) is 0 Å². The molecule has 0 saturated heterocycles. The molecule has 1 rings (SSSR count). The molecule has 2 N–H and O–H groups in total. The minimum Gasteiger partial charge on any atom is -0.467 e. The second-order valence-corrected chi connectivity index (χ2v) is 9.96. The summed E-state index contributed by atoms with van der Waals surface area (Å²) in [6, 6.07) is 12.0. The Labute approximate surface area is 128 Å². The predicted octanol–water partition coefficient (Wildman–Crippen LogP) is 3.25. The van der Waals surface area contributed by atoms with Crippen molar-refractivity contribution in [1.82, 2.24) is 0 Å².